The van der Waals surface area contributed by atoms with Crippen molar-refractivity contribution in [3.8, 4) is 0 Å². The molecular formula is C19H23N3OS. The first-order valence-corrected chi connectivity index (χ1v) is 9.21. The maximum absolute atomic E-state index is 12.8. The lowest BCUT2D eigenvalue weighted by atomic mass is 9.89. The highest BCUT2D eigenvalue weighted by Crippen LogP contribution is 2.36. The minimum atomic E-state index is 0.0508. The van der Waals surface area contributed by atoms with Gasteiger partial charge in [0.25, 0.3) is 5.91 Å². The van der Waals surface area contributed by atoms with Gasteiger partial charge in [-0.2, -0.15) is 0 Å². The number of hydrogen-bond donors (Lipinski definition) is 0. The van der Waals surface area contributed by atoms with Crippen molar-refractivity contribution < 1.29 is 4.79 Å². The average molecular weight is 341 g/mol. The number of hydrogen-bond acceptors (Lipinski definition) is 4. The summed E-state index contributed by atoms with van der Waals surface area (Å²) in [4.78, 5) is 24.5. The number of rotatable bonds is 3. The molecule has 0 radical (unpaired) electrons. The fraction of sp³-hybridized carbons (Fsp3) is 0.421. The molecule has 3 aliphatic rings. The molecule has 1 amide bonds. The Labute approximate surface area is 147 Å². The first-order chi connectivity index (χ1) is 11.5. The lowest BCUT2D eigenvalue weighted by molar-refractivity contribution is -0.122. The monoisotopic (exact) mass is 341 g/mol. The fourth-order valence-corrected chi connectivity index (χ4v) is 4.15. The van der Waals surface area contributed by atoms with Crippen LogP contribution in [0.2, 0.25) is 0 Å². The lowest BCUT2D eigenvalue weighted by Gasteiger charge is -2.23. The zero-order valence-corrected chi connectivity index (χ0v) is 15.4. The first-order valence-electron chi connectivity index (χ1n) is 8.40. The van der Waals surface area contributed by atoms with E-state index >= 15 is 0 Å². The summed E-state index contributed by atoms with van der Waals surface area (Å²) in [5.41, 5.74) is 2.02. The number of allylic oxidation sites excluding steroid dienone is 4. The zero-order valence-electron chi connectivity index (χ0n) is 14.6. The van der Waals surface area contributed by atoms with E-state index in [1.165, 1.54) is 11.8 Å². The van der Waals surface area contributed by atoms with Crippen LogP contribution < -0.4 is 0 Å². The van der Waals surface area contributed by atoms with Gasteiger partial charge in [-0.05, 0) is 50.6 Å². The molecule has 24 heavy (non-hydrogen) atoms. The number of carbonyl (C=O) groups excluding carboxylic acids is 1. The molecule has 0 saturated carbocycles. The molecule has 0 spiro atoms. The molecule has 5 heteroatoms. The van der Waals surface area contributed by atoms with Gasteiger partial charge in [-0.1, -0.05) is 30.4 Å². The average Bonchev–Trinajstić information content (AvgIpc) is 2.88. The third-order valence-corrected chi connectivity index (χ3v) is 5.42. The zero-order chi connectivity index (χ0) is 17.3. The summed E-state index contributed by atoms with van der Waals surface area (Å²) in [5, 5.41) is 0.804. The second-order valence-corrected chi connectivity index (χ2v) is 7.33. The lowest BCUT2D eigenvalue weighted by Crippen LogP contribution is -2.29. The highest BCUT2D eigenvalue weighted by atomic mass is 32.2. The van der Waals surface area contributed by atoms with Crippen molar-refractivity contribution >= 4 is 29.1 Å². The number of carbonyl (C=O) groups is 1. The normalized spacial score (nSPS) is 29.5. The highest BCUT2D eigenvalue weighted by Gasteiger charge is 2.34. The number of dihydropyridines is 1. The van der Waals surface area contributed by atoms with Crippen molar-refractivity contribution in [1.82, 2.24) is 4.90 Å². The van der Waals surface area contributed by atoms with Gasteiger partial charge in [0, 0.05) is 24.7 Å². The molecule has 1 saturated heterocycles. The summed E-state index contributed by atoms with van der Waals surface area (Å²) >= 11 is 1.48. The molecule has 4 nitrogen and oxygen atoms in total. The highest BCUT2D eigenvalue weighted by molar-refractivity contribution is 8.18. The largest absolute Gasteiger partial charge is 0.287 e. The molecule has 2 unspecified atom stereocenters. The van der Waals surface area contributed by atoms with Gasteiger partial charge in [0.1, 0.15) is 0 Å². The van der Waals surface area contributed by atoms with E-state index < -0.39 is 0 Å². The second kappa shape index (κ2) is 6.93. The maximum Gasteiger partial charge on any atom is 0.266 e. The third-order valence-electron chi connectivity index (χ3n) is 4.23. The first kappa shape index (κ1) is 17.0. The molecule has 0 N–H and O–H groups in total. The van der Waals surface area contributed by atoms with Crippen molar-refractivity contribution in [2.75, 3.05) is 6.54 Å². The van der Waals surface area contributed by atoms with Crippen molar-refractivity contribution in [3.05, 3.63) is 46.4 Å². The van der Waals surface area contributed by atoms with Crippen LogP contribution in [-0.2, 0) is 4.79 Å². The molecule has 0 aromatic carbocycles. The van der Waals surface area contributed by atoms with Crippen LogP contribution in [0.4, 0.5) is 0 Å². The predicted molar refractivity (Wildman–Crippen MR) is 102 cm³/mol. The van der Waals surface area contributed by atoms with Gasteiger partial charge in [0.2, 0.25) is 0 Å². The van der Waals surface area contributed by atoms with Crippen molar-refractivity contribution in [2.24, 2.45) is 15.9 Å². The number of likely N-dealkylation sites (N-methyl/N-ethyl adjacent to an activating group) is 1. The van der Waals surface area contributed by atoms with E-state index in [-0.39, 0.29) is 23.9 Å². The smallest absolute Gasteiger partial charge is 0.266 e. The Morgan fingerprint density at radius 2 is 2.12 bits per heavy atom. The minimum absolute atomic E-state index is 0.0508. The molecule has 1 aliphatic carbocycles. The summed E-state index contributed by atoms with van der Waals surface area (Å²) in [6, 6.07) is 0.359. The Balaban J connectivity index is 1.93. The molecule has 126 valence electrons. The molecule has 0 bridgehead atoms. The van der Waals surface area contributed by atoms with E-state index in [9.17, 15) is 4.79 Å². The van der Waals surface area contributed by atoms with Crippen LogP contribution in [0.1, 0.15) is 27.7 Å². The molecule has 2 aliphatic heterocycles. The van der Waals surface area contributed by atoms with Crippen LogP contribution in [0.25, 0.3) is 0 Å². The van der Waals surface area contributed by atoms with Crippen molar-refractivity contribution in [2.45, 2.75) is 39.8 Å². The van der Waals surface area contributed by atoms with E-state index in [2.05, 4.69) is 34.3 Å². The van der Waals surface area contributed by atoms with Crippen molar-refractivity contribution in [1.29, 1.82) is 0 Å². The molecular weight excluding hydrogens is 318 g/mol. The van der Waals surface area contributed by atoms with Crippen LogP contribution in [-0.4, -0.2) is 40.8 Å². The van der Waals surface area contributed by atoms with Crippen LogP contribution in [0.15, 0.2) is 56.4 Å². The Morgan fingerprint density at radius 3 is 2.83 bits per heavy atom. The number of amides is 1. The SMILES string of the molecule is CCN1C(=O)/C(=C(/C)C2=CC3C=CC=CC3N=C2)S/C1=N/C(C)C. The van der Waals surface area contributed by atoms with Crippen LogP contribution in [0.5, 0.6) is 0 Å². The van der Waals surface area contributed by atoms with Crippen LogP contribution >= 0.6 is 11.8 Å². The van der Waals surface area contributed by atoms with E-state index in [1.807, 2.05) is 40.0 Å². The van der Waals surface area contributed by atoms with E-state index in [0.717, 1.165) is 21.2 Å². The summed E-state index contributed by atoms with van der Waals surface area (Å²) in [7, 11) is 0. The van der Waals surface area contributed by atoms with E-state index in [1.54, 1.807) is 4.90 Å². The number of amidine groups is 1. The van der Waals surface area contributed by atoms with Gasteiger partial charge in [-0.3, -0.25) is 19.7 Å². The number of aliphatic imine (C=N–C) groups is 2. The summed E-state index contributed by atoms with van der Waals surface area (Å²) in [6.45, 7) is 8.68. The quantitative estimate of drug-likeness (QED) is 0.734. The minimum Gasteiger partial charge on any atom is -0.287 e. The summed E-state index contributed by atoms with van der Waals surface area (Å²) in [5.74, 6) is 0.327. The summed E-state index contributed by atoms with van der Waals surface area (Å²) in [6.07, 6.45) is 12.5. The molecule has 0 aromatic rings. The second-order valence-electron chi connectivity index (χ2n) is 6.35. The molecule has 3 rings (SSSR count). The maximum atomic E-state index is 12.8. The molecule has 1 fully saturated rings. The van der Waals surface area contributed by atoms with Gasteiger partial charge < -0.3 is 0 Å². The van der Waals surface area contributed by atoms with Gasteiger partial charge in [-0.15, -0.1) is 0 Å². The number of thioether (sulfide) groups is 1. The fourth-order valence-electron chi connectivity index (χ4n) is 2.92. The van der Waals surface area contributed by atoms with Gasteiger partial charge >= 0.3 is 0 Å². The molecule has 2 atom stereocenters. The van der Waals surface area contributed by atoms with Gasteiger partial charge in [0.15, 0.2) is 5.17 Å². The van der Waals surface area contributed by atoms with Crippen LogP contribution in [0, 0.1) is 5.92 Å². The Bertz CT molecular complexity index is 725. The number of nitrogens with zero attached hydrogens (tertiary/aromatic N) is 3. The topological polar surface area (TPSA) is 45.0 Å². The Kier molecular flexibility index (Phi) is 4.90. The van der Waals surface area contributed by atoms with Gasteiger partial charge in [0.05, 0.1) is 10.9 Å². The standard InChI is InChI=1S/C19H23N3OS/c1-5-22-18(23)17(24-19(22)21-12(2)3)13(4)15-10-14-8-6-7-9-16(14)20-11-15/h6-12,14,16H,5H2,1-4H3/b17-13+,21-19+. The van der Waals surface area contributed by atoms with Crippen molar-refractivity contribution in [3.63, 3.8) is 0 Å². The molecule has 2 heterocycles. The van der Waals surface area contributed by atoms with E-state index in [4.69, 9.17) is 0 Å². The number of fused-ring (bicyclic) bond motifs is 1. The summed E-state index contributed by atoms with van der Waals surface area (Å²) < 4.78 is 0. The molecule has 0 aromatic heterocycles. The van der Waals surface area contributed by atoms with Gasteiger partial charge in [-0.25, -0.2) is 0 Å². The van der Waals surface area contributed by atoms with Crippen LogP contribution in [0.3, 0.4) is 0 Å². The van der Waals surface area contributed by atoms with E-state index in [0.29, 0.717) is 6.54 Å². The Morgan fingerprint density at radius 1 is 1.38 bits per heavy atom. The Hall–Kier alpha value is -1.88. The predicted octanol–water partition coefficient (Wildman–Crippen LogP) is 3.74. The third kappa shape index (κ3) is 3.18.